The molecule has 1 aliphatic rings. The van der Waals surface area contributed by atoms with E-state index in [9.17, 15) is 5.11 Å². The molecule has 90 valence electrons. The summed E-state index contributed by atoms with van der Waals surface area (Å²) in [6.07, 6.45) is 6.45. The van der Waals surface area contributed by atoms with Crippen LogP contribution in [-0.2, 0) is 0 Å². The first-order valence-electron chi connectivity index (χ1n) is 6.51. The summed E-state index contributed by atoms with van der Waals surface area (Å²) in [7, 11) is 0. The molecule has 0 aromatic heterocycles. The summed E-state index contributed by atoms with van der Waals surface area (Å²) >= 11 is 0. The van der Waals surface area contributed by atoms with Crippen molar-refractivity contribution >= 4 is 0 Å². The Bertz CT molecular complexity index is 170. The van der Waals surface area contributed by atoms with Crippen LogP contribution in [0.25, 0.3) is 0 Å². The van der Waals surface area contributed by atoms with Crippen LogP contribution < -0.4 is 5.32 Å². The maximum atomic E-state index is 9.72. The van der Waals surface area contributed by atoms with Crippen LogP contribution in [-0.4, -0.2) is 23.8 Å². The third-order valence-electron chi connectivity index (χ3n) is 3.64. The zero-order valence-electron chi connectivity index (χ0n) is 10.5. The van der Waals surface area contributed by atoms with Gasteiger partial charge in [0, 0.05) is 12.6 Å². The first kappa shape index (κ1) is 13.0. The highest BCUT2D eigenvalue weighted by atomic mass is 16.3. The lowest BCUT2D eigenvalue weighted by atomic mass is 10.0. The van der Waals surface area contributed by atoms with Crippen LogP contribution in [0.4, 0.5) is 0 Å². The Morgan fingerprint density at radius 1 is 1.20 bits per heavy atom. The van der Waals surface area contributed by atoms with Gasteiger partial charge in [0.05, 0.1) is 6.10 Å². The largest absolute Gasteiger partial charge is 0.392 e. The lowest BCUT2D eigenvalue weighted by Crippen LogP contribution is -2.37. The Labute approximate surface area is 94.5 Å². The van der Waals surface area contributed by atoms with Crippen LogP contribution in [0.5, 0.6) is 0 Å². The number of aliphatic hydroxyl groups excluding tert-OH is 1. The summed E-state index contributed by atoms with van der Waals surface area (Å²) < 4.78 is 0. The van der Waals surface area contributed by atoms with Crippen molar-refractivity contribution < 1.29 is 5.11 Å². The molecule has 0 amide bonds. The molecule has 2 N–H and O–H groups in total. The van der Waals surface area contributed by atoms with Crippen LogP contribution in [0.15, 0.2) is 0 Å². The minimum atomic E-state index is -0.189. The number of nitrogens with one attached hydrogen (secondary N) is 1. The second-order valence-corrected chi connectivity index (χ2v) is 5.53. The van der Waals surface area contributed by atoms with Crippen LogP contribution in [0.2, 0.25) is 0 Å². The number of hydrogen-bond acceptors (Lipinski definition) is 2. The van der Waals surface area contributed by atoms with Crippen LogP contribution in [0.3, 0.4) is 0 Å². The van der Waals surface area contributed by atoms with Crippen molar-refractivity contribution in [1.29, 1.82) is 0 Å². The van der Waals surface area contributed by atoms with Gasteiger partial charge in [0.2, 0.25) is 0 Å². The lowest BCUT2D eigenvalue weighted by Gasteiger charge is -2.21. The summed E-state index contributed by atoms with van der Waals surface area (Å²) in [6, 6.07) is 0.642. The van der Waals surface area contributed by atoms with Crippen molar-refractivity contribution in [3.8, 4) is 0 Å². The fourth-order valence-electron chi connectivity index (χ4n) is 2.21. The van der Waals surface area contributed by atoms with Gasteiger partial charge in [-0.15, -0.1) is 0 Å². The molecule has 2 nitrogen and oxygen atoms in total. The smallest absolute Gasteiger partial charge is 0.0687 e. The molecule has 1 saturated carbocycles. The van der Waals surface area contributed by atoms with Gasteiger partial charge >= 0.3 is 0 Å². The van der Waals surface area contributed by atoms with Gasteiger partial charge in [0.15, 0.2) is 0 Å². The highest BCUT2D eigenvalue weighted by molar-refractivity contribution is 4.75. The van der Waals surface area contributed by atoms with E-state index < -0.39 is 0 Å². The Kier molecular flexibility index (Phi) is 5.62. The maximum Gasteiger partial charge on any atom is 0.0687 e. The van der Waals surface area contributed by atoms with E-state index in [0.29, 0.717) is 12.0 Å². The molecule has 1 rings (SSSR count). The molecule has 0 bridgehead atoms. The number of rotatable bonds is 4. The minimum Gasteiger partial charge on any atom is -0.392 e. The topological polar surface area (TPSA) is 32.3 Å². The fourth-order valence-corrected chi connectivity index (χ4v) is 2.21. The van der Waals surface area contributed by atoms with E-state index in [2.05, 4.69) is 26.1 Å². The molecule has 3 unspecified atom stereocenters. The summed E-state index contributed by atoms with van der Waals surface area (Å²) in [6.45, 7) is 7.26. The first-order valence-corrected chi connectivity index (χ1v) is 6.51. The Hall–Kier alpha value is -0.0800. The molecular formula is C13H27NO. The molecule has 0 aliphatic heterocycles. The summed E-state index contributed by atoms with van der Waals surface area (Å²) in [5.41, 5.74) is 0. The standard InChI is InChI=1S/C13H27NO/c1-10(2)13(15)9-14-12-6-4-5-11(3)7-8-12/h10-15H,4-9H2,1-3H3. The zero-order valence-corrected chi connectivity index (χ0v) is 10.5. The molecular weight excluding hydrogens is 186 g/mol. The van der Waals surface area contributed by atoms with Crippen molar-refractivity contribution in [2.24, 2.45) is 11.8 Å². The Morgan fingerprint density at radius 3 is 2.60 bits per heavy atom. The van der Waals surface area contributed by atoms with E-state index in [1.54, 1.807) is 0 Å². The average Bonchev–Trinajstić information content (AvgIpc) is 2.39. The molecule has 2 heteroatoms. The van der Waals surface area contributed by atoms with Crippen molar-refractivity contribution in [3.63, 3.8) is 0 Å². The van der Waals surface area contributed by atoms with Gasteiger partial charge in [-0.3, -0.25) is 0 Å². The molecule has 0 spiro atoms. The van der Waals surface area contributed by atoms with Gasteiger partial charge in [-0.05, 0) is 31.1 Å². The van der Waals surface area contributed by atoms with Gasteiger partial charge in [0.25, 0.3) is 0 Å². The van der Waals surface area contributed by atoms with Crippen molar-refractivity contribution in [2.45, 2.75) is 65.0 Å². The van der Waals surface area contributed by atoms with Crippen molar-refractivity contribution in [2.75, 3.05) is 6.54 Å². The normalized spacial score (nSPS) is 30.2. The highest BCUT2D eigenvalue weighted by Gasteiger charge is 2.17. The Balaban J connectivity index is 2.20. The lowest BCUT2D eigenvalue weighted by molar-refractivity contribution is 0.119. The predicted molar refractivity (Wildman–Crippen MR) is 64.9 cm³/mol. The SMILES string of the molecule is CC1CCCC(NCC(O)C(C)C)CC1. The second-order valence-electron chi connectivity index (χ2n) is 5.53. The second kappa shape index (κ2) is 6.49. The monoisotopic (exact) mass is 213 g/mol. The van der Waals surface area contributed by atoms with E-state index in [-0.39, 0.29) is 6.10 Å². The highest BCUT2D eigenvalue weighted by Crippen LogP contribution is 2.22. The molecule has 1 fully saturated rings. The van der Waals surface area contributed by atoms with Gasteiger partial charge in [-0.25, -0.2) is 0 Å². The summed E-state index contributed by atoms with van der Waals surface area (Å²) in [5, 5.41) is 13.2. The van der Waals surface area contributed by atoms with Crippen LogP contribution >= 0.6 is 0 Å². The average molecular weight is 213 g/mol. The van der Waals surface area contributed by atoms with Gasteiger partial charge in [-0.1, -0.05) is 33.6 Å². The number of hydrogen-bond donors (Lipinski definition) is 2. The summed E-state index contributed by atoms with van der Waals surface area (Å²) in [5.74, 6) is 1.26. The molecule has 0 aromatic rings. The zero-order chi connectivity index (χ0) is 11.3. The molecule has 15 heavy (non-hydrogen) atoms. The van der Waals surface area contributed by atoms with Gasteiger partial charge < -0.3 is 10.4 Å². The van der Waals surface area contributed by atoms with Crippen molar-refractivity contribution in [1.82, 2.24) is 5.32 Å². The Morgan fingerprint density at radius 2 is 1.93 bits per heavy atom. The van der Waals surface area contributed by atoms with E-state index in [1.165, 1.54) is 32.1 Å². The first-order chi connectivity index (χ1) is 7.09. The number of aliphatic hydroxyl groups is 1. The summed E-state index contributed by atoms with van der Waals surface area (Å²) in [4.78, 5) is 0. The quantitative estimate of drug-likeness (QED) is 0.703. The van der Waals surface area contributed by atoms with Crippen molar-refractivity contribution in [3.05, 3.63) is 0 Å². The van der Waals surface area contributed by atoms with Gasteiger partial charge in [-0.2, -0.15) is 0 Å². The van der Waals surface area contributed by atoms with Crippen LogP contribution in [0, 0.1) is 11.8 Å². The molecule has 1 aliphatic carbocycles. The third-order valence-corrected chi connectivity index (χ3v) is 3.64. The minimum absolute atomic E-state index is 0.189. The molecule has 0 saturated heterocycles. The molecule has 0 aromatic carbocycles. The predicted octanol–water partition coefficient (Wildman–Crippen LogP) is 2.56. The maximum absolute atomic E-state index is 9.72. The fraction of sp³-hybridized carbons (Fsp3) is 1.00. The van der Waals surface area contributed by atoms with Crippen LogP contribution in [0.1, 0.15) is 52.9 Å². The van der Waals surface area contributed by atoms with E-state index >= 15 is 0 Å². The molecule has 0 radical (unpaired) electrons. The van der Waals surface area contributed by atoms with E-state index in [4.69, 9.17) is 0 Å². The van der Waals surface area contributed by atoms with E-state index in [1.807, 2.05) is 0 Å². The molecule has 3 atom stereocenters. The third kappa shape index (κ3) is 4.98. The van der Waals surface area contributed by atoms with E-state index in [0.717, 1.165) is 12.5 Å². The molecule has 0 heterocycles. The van der Waals surface area contributed by atoms with Gasteiger partial charge in [0.1, 0.15) is 0 Å².